The number of hydrogen-bond donors (Lipinski definition) is 0. The summed E-state index contributed by atoms with van der Waals surface area (Å²) in [6, 6.07) is 13.9. The van der Waals surface area contributed by atoms with Crippen LogP contribution >= 0.6 is 24.0 Å². The van der Waals surface area contributed by atoms with Gasteiger partial charge in [0.25, 0.3) is 0 Å². The summed E-state index contributed by atoms with van der Waals surface area (Å²) in [6.07, 6.45) is 3.21. The molecule has 3 rings (SSSR count). The van der Waals surface area contributed by atoms with Crippen LogP contribution in [0.4, 0.5) is 0 Å². The second kappa shape index (κ2) is 11.0. The molecule has 0 saturated carbocycles. The molecule has 0 aliphatic rings. The average molecular weight is 464 g/mol. The zero-order valence-electron chi connectivity index (χ0n) is 18.6. The van der Waals surface area contributed by atoms with Crippen molar-refractivity contribution >= 4 is 40.8 Å². The Morgan fingerprint density at radius 3 is 2.48 bits per heavy atom. The molecule has 1 atom stereocenters. The minimum Gasteiger partial charge on any atom is -0.303 e. The highest BCUT2D eigenvalue weighted by atomic mass is 35.5. The van der Waals surface area contributed by atoms with Gasteiger partial charge in [-0.15, -0.1) is 12.4 Å². The van der Waals surface area contributed by atoms with E-state index >= 15 is 0 Å². The van der Waals surface area contributed by atoms with Gasteiger partial charge in [-0.2, -0.15) is 0 Å². The van der Waals surface area contributed by atoms with Crippen LogP contribution in [0.2, 0.25) is 5.02 Å². The third kappa shape index (κ3) is 5.79. The summed E-state index contributed by atoms with van der Waals surface area (Å²) in [4.78, 5) is 27.1. The number of rotatable bonds is 9. The second-order valence-electron chi connectivity index (χ2n) is 8.09. The maximum absolute atomic E-state index is 12.7. The van der Waals surface area contributed by atoms with Gasteiger partial charge in [0.2, 0.25) is 0 Å². The molecule has 0 N–H and O–H groups in total. The molecule has 0 radical (unpaired) electrons. The third-order valence-electron chi connectivity index (χ3n) is 6.06. The Morgan fingerprint density at radius 1 is 1.10 bits per heavy atom. The lowest BCUT2D eigenvalue weighted by Crippen LogP contribution is -2.31. The number of benzene rings is 2. The summed E-state index contributed by atoms with van der Waals surface area (Å²) in [5, 5.41) is 0.817. The molecule has 31 heavy (non-hydrogen) atoms. The van der Waals surface area contributed by atoms with Crippen molar-refractivity contribution in [3.63, 3.8) is 0 Å². The van der Waals surface area contributed by atoms with Crippen molar-refractivity contribution < 1.29 is 4.79 Å². The number of carbonyl (C=O) groups is 1. The first-order valence-electron chi connectivity index (χ1n) is 10.4. The van der Waals surface area contributed by atoms with Crippen LogP contribution in [0, 0.1) is 0 Å². The normalized spacial score (nSPS) is 12.2. The molecule has 7 heteroatoms. The zero-order valence-corrected chi connectivity index (χ0v) is 20.2. The third-order valence-corrected chi connectivity index (χ3v) is 6.43. The molecule has 0 aliphatic carbocycles. The van der Waals surface area contributed by atoms with E-state index in [1.807, 2.05) is 36.4 Å². The van der Waals surface area contributed by atoms with E-state index in [1.54, 1.807) is 23.2 Å². The molecule has 0 fully saturated rings. The highest BCUT2D eigenvalue weighted by Gasteiger charge is 2.14. The fraction of sp³-hybridized carbons (Fsp3) is 0.417. The number of imidazole rings is 1. The Morgan fingerprint density at radius 2 is 1.77 bits per heavy atom. The Balaban J connectivity index is 0.00000341. The minimum atomic E-state index is -0.0803. The minimum absolute atomic E-state index is 0. The van der Waals surface area contributed by atoms with Crippen molar-refractivity contribution in [1.82, 2.24) is 14.0 Å². The molecule has 168 valence electrons. The largest absolute Gasteiger partial charge is 0.328 e. The van der Waals surface area contributed by atoms with Gasteiger partial charge < -0.3 is 4.90 Å². The van der Waals surface area contributed by atoms with Gasteiger partial charge in [-0.05, 0) is 63.1 Å². The number of fused-ring (bicyclic) bond motifs is 1. The van der Waals surface area contributed by atoms with E-state index in [0.717, 1.165) is 41.9 Å². The maximum atomic E-state index is 12.7. The lowest BCUT2D eigenvalue weighted by molar-refractivity contribution is 0.0976. The monoisotopic (exact) mass is 463 g/mol. The van der Waals surface area contributed by atoms with Crippen LogP contribution < -0.4 is 5.69 Å². The second-order valence-corrected chi connectivity index (χ2v) is 8.50. The number of aryl methyl sites for hydroxylation is 2. The Bertz CT molecular complexity index is 1100. The fourth-order valence-electron chi connectivity index (χ4n) is 3.82. The SMILES string of the molecule is CC(CCCC(=O)c1ccc2c(c1)n(C)c(=O)n2C)N(C)CCc1ccccc1Cl.Cl. The fourth-order valence-corrected chi connectivity index (χ4v) is 4.05. The van der Waals surface area contributed by atoms with E-state index in [1.165, 1.54) is 5.56 Å². The van der Waals surface area contributed by atoms with E-state index in [9.17, 15) is 9.59 Å². The molecule has 3 aromatic rings. The van der Waals surface area contributed by atoms with E-state index in [-0.39, 0.29) is 23.9 Å². The van der Waals surface area contributed by atoms with Crippen LogP contribution in [0.25, 0.3) is 11.0 Å². The molecule has 2 aromatic carbocycles. The summed E-state index contributed by atoms with van der Waals surface area (Å²) in [5.41, 5.74) is 3.39. The van der Waals surface area contributed by atoms with Crippen LogP contribution in [-0.2, 0) is 20.5 Å². The summed E-state index contributed by atoms with van der Waals surface area (Å²) < 4.78 is 3.19. The van der Waals surface area contributed by atoms with Crippen molar-refractivity contribution in [2.45, 2.75) is 38.6 Å². The molecular formula is C24H31Cl2N3O2. The van der Waals surface area contributed by atoms with E-state index in [0.29, 0.717) is 18.0 Å². The highest BCUT2D eigenvalue weighted by molar-refractivity contribution is 6.31. The number of carbonyl (C=O) groups excluding carboxylic acids is 1. The van der Waals surface area contributed by atoms with Crippen LogP contribution in [-0.4, -0.2) is 39.5 Å². The van der Waals surface area contributed by atoms with Gasteiger partial charge in [-0.3, -0.25) is 13.9 Å². The molecule has 0 bridgehead atoms. The summed E-state index contributed by atoms with van der Waals surface area (Å²) in [6.45, 7) is 3.13. The van der Waals surface area contributed by atoms with E-state index in [4.69, 9.17) is 11.6 Å². The highest BCUT2D eigenvalue weighted by Crippen LogP contribution is 2.18. The first-order valence-corrected chi connectivity index (χ1v) is 10.8. The number of hydrogen-bond acceptors (Lipinski definition) is 3. The van der Waals surface area contributed by atoms with Crippen LogP contribution in [0.3, 0.4) is 0 Å². The number of nitrogens with zero attached hydrogens (tertiary/aromatic N) is 3. The summed E-state index contributed by atoms with van der Waals surface area (Å²) in [5.74, 6) is 0.124. The van der Waals surface area contributed by atoms with Crippen molar-refractivity contribution in [2.75, 3.05) is 13.6 Å². The quantitative estimate of drug-likeness (QED) is 0.425. The molecule has 0 aliphatic heterocycles. The van der Waals surface area contributed by atoms with Gasteiger partial charge in [0.1, 0.15) is 0 Å². The first kappa shape index (κ1) is 25.2. The van der Waals surface area contributed by atoms with E-state index < -0.39 is 0 Å². The van der Waals surface area contributed by atoms with Crippen molar-refractivity contribution in [1.29, 1.82) is 0 Å². The van der Waals surface area contributed by atoms with Gasteiger partial charge in [0, 0.05) is 43.7 Å². The van der Waals surface area contributed by atoms with Gasteiger partial charge in [-0.25, -0.2) is 4.79 Å². The lowest BCUT2D eigenvalue weighted by atomic mass is 10.0. The molecular weight excluding hydrogens is 433 g/mol. The zero-order chi connectivity index (χ0) is 21.8. The maximum Gasteiger partial charge on any atom is 0.328 e. The molecule has 1 heterocycles. The standard InChI is InChI=1S/C24H30ClN3O2.ClH/c1-17(26(2)15-14-18-9-5-6-10-20(18)25)8-7-11-23(29)19-12-13-21-22(16-19)28(4)24(30)27(21)3;/h5-6,9-10,12-13,16-17H,7-8,11,14-15H2,1-4H3;1H. The summed E-state index contributed by atoms with van der Waals surface area (Å²) >= 11 is 6.24. The number of aromatic nitrogens is 2. The van der Waals surface area contributed by atoms with Gasteiger partial charge >= 0.3 is 5.69 Å². The molecule has 5 nitrogen and oxygen atoms in total. The van der Waals surface area contributed by atoms with Crippen molar-refractivity contribution in [3.8, 4) is 0 Å². The average Bonchev–Trinajstić information content (AvgIpc) is 2.96. The van der Waals surface area contributed by atoms with E-state index in [2.05, 4.69) is 24.9 Å². The smallest absolute Gasteiger partial charge is 0.303 e. The predicted octanol–water partition coefficient (Wildman–Crippen LogP) is 4.87. The number of likely N-dealkylation sites (N-methyl/N-ethyl adjacent to an activating group) is 1. The van der Waals surface area contributed by atoms with Gasteiger partial charge in [0.15, 0.2) is 5.78 Å². The Labute approximate surface area is 195 Å². The molecule has 1 aromatic heterocycles. The van der Waals surface area contributed by atoms with Crippen LogP contribution in [0.1, 0.15) is 42.1 Å². The topological polar surface area (TPSA) is 47.2 Å². The predicted molar refractivity (Wildman–Crippen MR) is 131 cm³/mol. The van der Waals surface area contributed by atoms with Gasteiger partial charge in [-0.1, -0.05) is 29.8 Å². The summed E-state index contributed by atoms with van der Waals surface area (Å²) in [7, 11) is 5.60. The molecule has 0 amide bonds. The Kier molecular flexibility index (Phi) is 8.92. The molecule has 1 unspecified atom stereocenters. The number of halogens is 2. The number of Topliss-reactive ketones (excluding diaryl/α,β-unsaturated/α-hetero) is 1. The van der Waals surface area contributed by atoms with Crippen LogP contribution in [0.15, 0.2) is 47.3 Å². The Hall–Kier alpha value is -2.08. The van der Waals surface area contributed by atoms with Crippen molar-refractivity contribution in [2.24, 2.45) is 14.1 Å². The lowest BCUT2D eigenvalue weighted by Gasteiger charge is -2.24. The molecule has 0 spiro atoms. The number of ketones is 1. The van der Waals surface area contributed by atoms with Crippen LogP contribution in [0.5, 0.6) is 0 Å². The van der Waals surface area contributed by atoms with Gasteiger partial charge in [0.05, 0.1) is 11.0 Å². The molecule has 0 saturated heterocycles. The first-order chi connectivity index (χ1) is 14.3. The van der Waals surface area contributed by atoms with Crippen molar-refractivity contribution in [3.05, 3.63) is 69.1 Å².